The molecule has 4 nitrogen and oxygen atoms in total. The second-order valence-electron chi connectivity index (χ2n) is 5.06. The van der Waals surface area contributed by atoms with E-state index in [-0.39, 0.29) is 11.7 Å². The zero-order chi connectivity index (χ0) is 12.7. The van der Waals surface area contributed by atoms with E-state index in [0.717, 1.165) is 32.6 Å². The molecule has 0 aromatic heterocycles. The molecular weight excluding hydrogens is 238 g/mol. The molecule has 1 heterocycles. The fourth-order valence-electron chi connectivity index (χ4n) is 1.91. The molecule has 1 aliphatic rings. The molecule has 0 spiro atoms. The van der Waals surface area contributed by atoms with Crippen molar-refractivity contribution in [2.75, 3.05) is 37.8 Å². The molecule has 1 saturated heterocycles. The summed E-state index contributed by atoms with van der Waals surface area (Å²) in [5.41, 5.74) is 0. The smallest absolute Gasteiger partial charge is 0.151 e. The molecule has 2 atom stereocenters. The van der Waals surface area contributed by atoms with E-state index < -0.39 is 9.84 Å². The van der Waals surface area contributed by atoms with Gasteiger partial charge in [-0.3, -0.25) is 0 Å². The van der Waals surface area contributed by atoms with Gasteiger partial charge >= 0.3 is 0 Å². The molecule has 0 saturated carbocycles. The largest absolute Gasteiger partial charge is 0.381 e. The van der Waals surface area contributed by atoms with Gasteiger partial charge in [0.2, 0.25) is 0 Å². The van der Waals surface area contributed by atoms with E-state index >= 15 is 0 Å². The maximum absolute atomic E-state index is 11.7. The molecule has 1 fully saturated rings. The van der Waals surface area contributed by atoms with Gasteiger partial charge in [0.1, 0.15) is 0 Å². The molecule has 2 unspecified atom stereocenters. The van der Waals surface area contributed by atoms with Gasteiger partial charge in [-0.15, -0.1) is 0 Å². The van der Waals surface area contributed by atoms with Crippen LogP contribution in [0.3, 0.4) is 0 Å². The Hall–Kier alpha value is -0.130. The Balaban J connectivity index is 2.12. The predicted molar refractivity (Wildman–Crippen MR) is 69.9 cm³/mol. The van der Waals surface area contributed by atoms with Crippen molar-refractivity contribution < 1.29 is 13.2 Å². The molecule has 0 aliphatic carbocycles. The van der Waals surface area contributed by atoms with E-state index in [0.29, 0.717) is 18.2 Å². The summed E-state index contributed by atoms with van der Waals surface area (Å²) in [6.45, 7) is 7.11. The minimum absolute atomic E-state index is 0.255. The third-order valence-electron chi connectivity index (χ3n) is 3.28. The van der Waals surface area contributed by atoms with Crippen LogP contribution in [-0.4, -0.2) is 46.2 Å². The van der Waals surface area contributed by atoms with Crippen LogP contribution in [0, 0.1) is 11.8 Å². The first-order valence-electron chi connectivity index (χ1n) is 6.52. The monoisotopic (exact) mass is 263 g/mol. The summed E-state index contributed by atoms with van der Waals surface area (Å²) in [5.74, 6) is 1.40. The van der Waals surface area contributed by atoms with Gasteiger partial charge in [-0.1, -0.05) is 20.3 Å². The Morgan fingerprint density at radius 2 is 2.24 bits per heavy atom. The van der Waals surface area contributed by atoms with Crippen LogP contribution in [0.2, 0.25) is 0 Å². The van der Waals surface area contributed by atoms with Crippen LogP contribution < -0.4 is 5.32 Å². The van der Waals surface area contributed by atoms with Gasteiger partial charge in [-0.2, -0.15) is 0 Å². The van der Waals surface area contributed by atoms with Crippen molar-refractivity contribution in [1.29, 1.82) is 0 Å². The SMILES string of the molecule is CCC(C)CS(=O)(=O)CCNCC1CCOC1. The van der Waals surface area contributed by atoms with E-state index in [4.69, 9.17) is 4.74 Å². The minimum Gasteiger partial charge on any atom is -0.381 e. The van der Waals surface area contributed by atoms with Crippen molar-refractivity contribution in [3.05, 3.63) is 0 Å². The molecule has 102 valence electrons. The zero-order valence-corrected chi connectivity index (χ0v) is 11.8. The summed E-state index contributed by atoms with van der Waals surface area (Å²) < 4.78 is 28.7. The van der Waals surface area contributed by atoms with Gasteiger partial charge in [0.05, 0.1) is 18.1 Å². The lowest BCUT2D eigenvalue weighted by Gasteiger charge is -2.11. The Kier molecular flexibility index (Phi) is 6.44. The van der Waals surface area contributed by atoms with E-state index in [1.807, 2.05) is 13.8 Å². The quantitative estimate of drug-likeness (QED) is 0.666. The summed E-state index contributed by atoms with van der Waals surface area (Å²) in [7, 11) is -2.88. The summed E-state index contributed by atoms with van der Waals surface area (Å²) in [6, 6.07) is 0. The van der Waals surface area contributed by atoms with Crippen molar-refractivity contribution in [1.82, 2.24) is 5.32 Å². The summed E-state index contributed by atoms with van der Waals surface area (Å²) in [6.07, 6.45) is 2.01. The highest BCUT2D eigenvalue weighted by Gasteiger charge is 2.17. The molecule has 1 aliphatic heterocycles. The van der Waals surface area contributed by atoms with Gasteiger partial charge in [-0.25, -0.2) is 8.42 Å². The Bertz CT molecular complexity index is 297. The average Bonchev–Trinajstić information content (AvgIpc) is 2.76. The summed E-state index contributed by atoms with van der Waals surface area (Å²) >= 11 is 0. The van der Waals surface area contributed by atoms with Gasteiger partial charge in [-0.05, 0) is 18.3 Å². The number of sulfone groups is 1. The fourth-order valence-corrected chi connectivity index (χ4v) is 3.64. The van der Waals surface area contributed by atoms with Gasteiger partial charge in [0.25, 0.3) is 0 Å². The molecule has 0 aromatic rings. The van der Waals surface area contributed by atoms with Crippen LogP contribution in [0.25, 0.3) is 0 Å². The maximum atomic E-state index is 11.7. The van der Waals surface area contributed by atoms with Crippen molar-refractivity contribution in [2.24, 2.45) is 11.8 Å². The van der Waals surface area contributed by atoms with Gasteiger partial charge in [0, 0.05) is 19.7 Å². The first kappa shape index (κ1) is 14.9. The molecule has 5 heteroatoms. The first-order chi connectivity index (χ1) is 8.03. The average molecular weight is 263 g/mol. The van der Waals surface area contributed by atoms with Crippen LogP contribution in [-0.2, 0) is 14.6 Å². The highest BCUT2D eigenvalue weighted by atomic mass is 32.2. The van der Waals surface area contributed by atoms with Gasteiger partial charge < -0.3 is 10.1 Å². The van der Waals surface area contributed by atoms with Crippen LogP contribution in [0.4, 0.5) is 0 Å². The van der Waals surface area contributed by atoms with Gasteiger partial charge in [0.15, 0.2) is 9.84 Å². The Labute approximate surface area is 105 Å². The third kappa shape index (κ3) is 6.38. The molecule has 0 aromatic carbocycles. The molecular formula is C12H25NO3S. The standard InChI is InChI=1S/C12H25NO3S/c1-3-11(2)10-17(14,15)7-5-13-8-12-4-6-16-9-12/h11-13H,3-10H2,1-2H3. The molecule has 1 N–H and O–H groups in total. The van der Waals surface area contributed by atoms with Crippen molar-refractivity contribution in [2.45, 2.75) is 26.7 Å². The predicted octanol–water partition coefficient (Wildman–Crippen LogP) is 1.07. The summed E-state index contributed by atoms with van der Waals surface area (Å²) in [4.78, 5) is 0. The van der Waals surface area contributed by atoms with Crippen LogP contribution >= 0.6 is 0 Å². The summed E-state index contributed by atoms with van der Waals surface area (Å²) in [5, 5.41) is 3.22. The zero-order valence-electron chi connectivity index (χ0n) is 10.9. The maximum Gasteiger partial charge on any atom is 0.151 e. The van der Waals surface area contributed by atoms with E-state index in [1.165, 1.54) is 0 Å². The van der Waals surface area contributed by atoms with Crippen molar-refractivity contribution in [3.63, 3.8) is 0 Å². The lowest BCUT2D eigenvalue weighted by molar-refractivity contribution is 0.185. The molecule has 0 amide bonds. The number of rotatable bonds is 8. The minimum atomic E-state index is -2.88. The normalized spacial score (nSPS) is 22.8. The van der Waals surface area contributed by atoms with Crippen molar-refractivity contribution >= 4 is 9.84 Å². The number of hydrogen-bond acceptors (Lipinski definition) is 4. The van der Waals surface area contributed by atoms with E-state index in [2.05, 4.69) is 5.32 Å². The first-order valence-corrected chi connectivity index (χ1v) is 8.34. The molecule has 17 heavy (non-hydrogen) atoms. The molecule has 0 radical (unpaired) electrons. The third-order valence-corrected chi connectivity index (χ3v) is 5.19. The van der Waals surface area contributed by atoms with Crippen LogP contribution in [0.1, 0.15) is 26.7 Å². The van der Waals surface area contributed by atoms with E-state index in [1.54, 1.807) is 0 Å². The highest BCUT2D eigenvalue weighted by molar-refractivity contribution is 7.91. The Morgan fingerprint density at radius 3 is 2.82 bits per heavy atom. The lowest BCUT2D eigenvalue weighted by Crippen LogP contribution is -2.30. The van der Waals surface area contributed by atoms with Crippen LogP contribution in [0.5, 0.6) is 0 Å². The second-order valence-corrected chi connectivity index (χ2v) is 7.29. The molecule has 1 rings (SSSR count). The highest BCUT2D eigenvalue weighted by Crippen LogP contribution is 2.10. The topological polar surface area (TPSA) is 55.4 Å². The fraction of sp³-hybridized carbons (Fsp3) is 1.00. The number of ether oxygens (including phenoxy) is 1. The Morgan fingerprint density at radius 1 is 1.47 bits per heavy atom. The van der Waals surface area contributed by atoms with Crippen molar-refractivity contribution in [3.8, 4) is 0 Å². The number of hydrogen-bond donors (Lipinski definition) is 1. The van der Waals surface area contributed by atoms with Crippen LogP contribution in [0.15, 0.2) is 0 Å². The van der Waals surface area contributed by atoms with E-state index in [9.17, 15) is 8.42 Å². The lowest BCUT2D eigenvalue weighted by atomic mass is 10.1. The molecule has 0 bridgehead atoms. The second kappa shape index (κ2) is 7.34. The number of nitrogens with one attached hydrogen (secondary N) is 1.